The zero-order valence-corrected chi connectivity index (χ0v) is 40.9. The Bertz CT molecular complexity index is 1110. The third-order valence-corrected chi connectivity index (χ3v) is 12.5. The molecule has 0 saturated carbocycles. The van der Waals surface area contributed by atoms with Crippen molar-refractivity contribution in [3.63, 3.8) is 0 Å². The lowest BCUT2D eigenvalue weighted by Crippen LogP contribution is -2.34. The molecule has 0 aliphatic rings. The van der Waals surface area contributed by atoms with Crippen LogP contribution in [0.5, 0.6) is 0 Å². The van der Waals surface area contributed by atoms with Crippen LogP contribution in [0, 0.1) is 0 Å². The summed E-state index contributed by atoms with van der Waals surface area (Å²) in [5.41, 5.74) is 5.35. The number of carbonyl (C=O) groups excluding carboxylic acids is 2. The summed E-state index contributed by atoms with van der Waals surface area (Å²) in [5.74, 6) is -2.37. The first-order valence-electron chi connectivity index (χ1n) is 25.7. The van der Waals surface area contributed by atoms with Crippen LogP contribution in [-0.4, -0.2) is 59.9 Å². The summed E-state index contributed by atoms with van der Waals surface area (Å²) in [6, 6.07) is -1.52. The first-order chi connectivity index (χ1) is 30.1. The molecule has 0 saturated heterocycles. The van der Waals surface area contributed by atoms with Gasteiger partial charge in [-0.1, -0.05) is 219 Å². The molecule has 3 atom stereocenters. The fourth-order valence-corrected chi connectivity index (χ4v) is 8.25. The van der Waals surface area contributed by atoms with E-state index in [1.54, 1.807) is 0 Å². The van der Waals surface area contributed by atoms with Crippen LogP contribution in [0.3, 0.4) is 0 Å². The van der Waals surface area contributed by atoms with Gasteiger partial charge in [0, 0.05) is 12.8 Å². The van der Waals surface area contributed by atoms with E-state index >= 15 is 0 Å². The average molecular weight is 902 g/mol. The van der Waals surface area contributed by atoms with Crippen molar-refractivity contribution in [3.8, 4) is 0 Å². The van der Waals surface area contributed by atoms with Gasteiger partial charge in [0.25, 0.3) is 0 Å². The molecule has 0 heterocycles. The molecule has 366 valence electrons. The lowest BCUT2D eigenvalue weighted by molar-refractivity contribution is -0.161. The van der Waals surface area contributed by atoms with E-state index in [1.165, 1.54) is 161 Å². The summed E-state index contributed by atoms with van der Waals surface area (Å²) >= 11 is 0. The molecule has 0 amide bonds. The first kappa shape index (κ1) is 60.2. The number of carboxylic acids is 1. The van der Waals surface area contributed by atoms with E-state index < -0.39 is 51.1 Å². The minimum atomic E-state index is -4.72. The molecule has 0 radical (unpaired) electrons. The van der Waals surface area contributed by atoms with Gasteiger partial charge in [-0.05, 0) is 38.5 Å². The molecule has 0 aromatic heterocycles. The Balaban J connectivity index is 4.14. The Kier molecular flexibility index (Phi) is 44.5. The molecule has 0 fully saturated rings. The van der Waals surface area contributed by atoms with Crippen molar-refractivity contribution >= 4 is 25.7 Å². The van der Waals surface area contributed by atoms with Crippen LogP contribution in [0.25, 0.3) is 0 Å². The van der Waals surface area contributed by atoms with Gasteiger partial charge in [0.2, 0.25) is 0 Å². The molecule has 0 aliphatic heterocycles. The van der Waals surface area contributed by atoms with Crippen LogP contribution in [0.1, 0.15) is 258 Å². The second-order valence-electron chi connectivity index (χ2n) is 17.7. The summed E-state index contributed by atoms with van der Waals surface area (Å²) in [6.45, 7) is 2.83. The van der Waals surface area contributed by atoms with Gasteiger partial charge in [0.1, 0.15) is 12.6 Å². The van der Waals surface area contributed by atoms with Crippen LogP contribution >= 0.6 is 7.82 Å². The topological polar surface area (TPSA) is 172 Å². The Hall–Kier alpha value is -1.78. The van der Waals surface area contributed by atoms with Gasteiger partial charge >= 0.3 is 25.7 Å². The number of hydrogen-bond donors (Lipinski definition) is 3. The highest BCUT2D eigenvalue weighted by Gasteiger charge is 2.28. The van der Waals surface area contributed by atoms with E-state index in [2.05, 4.69) is 30.5 Å². The molecule has 0 spiro atoms. The maximum absolute atomic E-state index is 12.6. The minimum absolute atomic E-state index is 0.155. The maximum Gasteiger partial charge on any atom is 0.472 e. The quantitative estimate of drug-likeness (QED) is 0.0230. The molecule has 0 bridgehead atoms. The maximum atomic E-state index is 12.6. The molecule has 62 heavy (non-hydrogen) atoms. The number of phosphoric ester groups is 1. The molecule has 11 nitrogen and oxygen atoms in total. The zero-order chi connectivity index (χ0) is 45.6. The SMILES string of the molecule is CCCCCCC/C=C\CCCCCCCC(=O)OC(COC(=O)CCCCCCCCCCCCCCCCCCCCCCCCCC)COP(=O)(O)OCC(N)C(=O)O. The van der Waals surface area contributed by atoms with E-state index in [0.717, 1.165) is 57.8 Å². The van der Waals surface area contributed by atoms with E-state index in [9.17, 15) is 23.8 Å². The molecule has 12 heteroatoms. The number of carboxylic acid groups (broad SMARTS) is 1. The second-order valence-corrected chi connectivity index (χ2v) is 19.1. The molecule has 0 aromatic rings. The van der Waals surface area contributed by atoms with Crippen molar-refractivity contribution in [2.75, 3.05) is 19.8 Å². The van der Waals surface area contributed by atoms with Crippen LogP contribution < -0.4 is 5.73 Å². The Morgan fingerprint density at radius 1 is 0.484 bits per heavy atom. The standard InChI is InChI=1S/C50H96NO10P/c1-3-5-7-9-11-13-15-17-19-20-21-22-23-24-25-26-27-28-30-31-33-35-37-39-41-48(52)58-43-46(44-59-62(56,57)60-45-47(51)50(54)55)61-49(53)42-40-38-36-34-32-29-18-16-14-12-10-8-6-4-2/h16,18,46-47H,3-15,17,19-45,51H2,1-2H3,(H,54,55)(H,56,57)/b18-16-. The van der Waals surface area contributed by atoms with Crippen molar-refractivity contribution in [1.82, 2.24) is 0 Å². The fourth-order valence-electron chi connectivity index (χ4n) is 7.47. The second kappa shape index (κ2) is 45.8. The molecule has 0 rings (SSSR count). The number of unbranched alkanes of at least 4 members (excludes halogenated alkanes) is 33. The molecule has 0 aromatic carbocycles. The van der Waals surface area contributed by atoms with Crippen molar-refractivity contribution in [1.29, 1.82) is 0 Å². The summed E-state index contributed by atoms with van der Waals surface area (Å²) in [6.07, 6.45) is 48.6. The number of hydrogen-bond acceptors (Lipinski definition) is 9. The zero-order valence-electron chi connectivity index (χ0n) is 40.0. The van der Waals surface area contributed by atoms with Crippen LogP contribution in [0.15, 0.2) is 12.2 Å². The van der Waals surface area contributed by atoms with Crippen LogP contribution in [-0.2, 0) is 37.5 Å². The van der Waals surface area contributed by atoms with Crippen molar-refractivity contribution in [2.45, 2.75) is 270 Å². The number of aliphatic carboxylic acids is 1. The number of allylic oxidation sites excluding steroid dienone is 2. The van der Waals surface area contributed by atoms with Crippen molar-refractivity contribution < 1.29 is 47.5 Å². The number of ether oxygens (including phenoxy) is 2. The fraction of sp³-hybridized carbons (Fsp3) is 0.900. The van der Waals surface area contributed by atoms with Gasteiger partial charge in [-0.3, -0.25) is 23.4 Å². The van der Waals surface area contributed by atoms with E-state index in [-0.39, 0.29) is 19.4 Å². The number of rotatable bonds is 49. The Morgan fingerprint density at radius 2 is 0.806 bits per heavy atom. The highest BCUT2D eigenvalue weighted by molar-refractivity contribution is 7.47. The smallest absolute Gasteiger partial charge is 0.472 e. The summed E-state index contributed by atoms with van der Waals surface area (Å²) in [5, 5.41) is 8.91. The lowest BCUT2D eigenvalue weighted by Gasteiger charge is -2.20. The van der Waals surface area contributed by atoms with Crippen molar-refractivity contribution in [2.24, 2.45) is 5.73 Å². The minimum Gasteiger partial charge on any atom is -0.480 e. The highest BCUT2D eigenvalue weighted by atomic mass is 31.2. The normalized spacial score (nSPS) is 13.6. The van der Waals surface area contributed by atoms with E-state index in [4.69, 9.17) is 24.8 Å². The predicted octanol–water partition coefficient (Wildman–Crippen LogP) is 14.4. The van der Waals surface area contributed by atoms with Crippen LogP contribution in [0.4, 0.5) is 0 Å². The number of esters is 2. The number of carbonyl (C=O) groups is 3. The third-order valence-electron chi connectivity index (χ3n) is 11.5. The lowest BCUT2D eigenvalue weighted by atomic mass is 10.0. The van der Waals surface area contributed by atoms with Gasteiger partial charge in [-0.25, -0.2) is 4.57 Å². The molecule has 3 unspecified atom stereocenters. The monoisotopic (exact) mass is 902 g/mol. The highest BCUT2D eigenvalue weighted by Crippen LogP contribution is 2.43. The number of nitrogens with two attached hydrogens (primary N) is 1. The van der Waals surface area contributed by atoms with E-state index in [0.29, 0.717) is 12.8 Å². The first-order valence-corrected chi connectivity index (χ1v) is 27.2. The summed E-state index contributed by atoms with van der Waals surface area (Å²) in [4.78, 5) is 46.1. The van der Waals surface area contributed by atoms with Gasteiger partial charge in [0.15, 0.2) is 6.10 Å². The van der Waals surface area contributed by atoms with Crippen LogP contribution in [0.2, 0.25) is 0 Å². The third kappa shape index (κ3) is 44.8. The summed E-state index contributed by atoms with van der Waals surface area (Å²) in [7, 11) is -4.72. The molecular formula is C50H96NO10P. The Labute approximate surface area is 379 Å². The average Bonchev–Trinajstić information content (AvgIpc) is 3.25. The van der Waals surface area contributed by atoms with Crippen molar-refractivity contribution in [3.05, 3.63) is 12.2 Å². The van der Waals surface area contributed by atoms with Gasteiger partial charge in [-0.15, -0.1) is 0 Å². The van der Waals surface area contributed by atoms with E-state index in [1.807, 2.05) is 0 Å². The predicted molar refractivity (Wildman–Crippen MR) is 254 cm³/mol. The summed E-state index contributed by atoms with van der Waals surface area (Å²) < 4.78 is 32.8. The number of phosphoric acid groups is 1. The largest absolute Gasteiger partial charge is 0.480 e. The molecular weight excluding hydrogens is 806 g/mol. The van der Waals surface area contributed by atoms with Gasteiger partial charge in [-0.2, -0.15) is 0 Å². The molecule has 0 aliphatic carbocycles. The molecule has 4 N–H and O–H groups in total. The Morgan fingerprint density at radius 3 is 1.18 bits per heavy atom. The van der Waals surface area contributed by atoms with Gasteiger partial charge < -0.3 is 25.2 Å². The van der Waals surface area contributed by atoms with Gasteiger partial charge in [0.05, 0.1) is 13.2 Å².